The largest absolute Gasteiger partial charge is 0.391 e. The Hall–Kier alpha value is -1.57. The van der Waals surface area contributed by atoms with Crippen LogP contribution in [0.15, 0.2) is 24.3 Å². The molecule has 4 heteroatoms. The molecule has 0 aliphatic rings. The zero-order valence-electron chi connectivity index (χ0n) is 10.3. The van der Waals surface area contributed by atoms with Crippen molar-refractivity contribution in [1.29, 1.82) is 5.26 Å². The van der Waals surface area contributed by atoms with E-state index in [9.17, 15) is 5.11 Å². The van der Waals surface area contributed by atoms with Gasteiger partial charge in [-0.3, -0.25) is 0 Å². The predicted molar refractivity (Wildman–Crippen MR) is 69.0 cm³/mol. The first-order valence-corrected chi connectivity index (χ1v) is 5.71. The highest BCUT2D eigenvalue weighted by Gasteiger charge is 2.08. The fourth-order valence-corrected chi connectivity index (χ4v) is 1.61. The Kier molecular flexibility index (Phi) is 5.47. The van der Waals surface area contributed by atoms with Crippen LogP contribution in [0, 0.1) is 11.3 Å². The first kappa shape index (κ1) is 13.5. The number of hydrogen-bond donors (Lipinski definition) is 2. The summed E-state index contributed by atoms with van der Waals surface area (Å²) < 4.78 is 0. The van der Waals surface area contributed by atoms with Gasteiger partial charge < -0.3 is 15.3 Å². The Bertz CT molecular complexity index is 369. The van der Waals surface area contributed by atoms with E-state index in [0.29, 0.717) is 12.1 Å². The molecule has 0 bridgehead atoms. The lowest BCUT2D eigenvalue weighted by Crippen LogP contribution is -2.31. The molecule has 1 atom stereocenters. The molecule has 1 aromatic rings. The Morgan fingerprint density at radius 2 is 2.06 bits per heavy atom. The third-order valence-electron chi connectivity index (χ3n) is 2.65. The number of hydrogen-bond acceptors (Lipinski definition) is 4. The minimum atomic E-state index is -0.344. The SMILES string of the molecule is CNCCC(O)CN(C)c1ccc(C#N)cc1. The molecule has 2 N–H and O–H groups in total. The third-order valence-corrected chi connectivity index (χ3v) is 2.65. The number of aliphatic hydroxyl groups excluding tert-OH is 1. The fourth-order valence-electron chi connectivity index (χ4n) is 1.61. The Morgan fingerprint density at radius 1 is 1.41 bits per heavy atom. The molecule has 0 saturated heterocycles. The van der Waals surface area contributed by atoms with Crippen molar-refractivity contribution in [1.82, 2.24) is 5.32 Å². The molecule has 0 heterocycles. The van der Waals surface area contributed by atoms with Crippen molar-refractivity contribution in [3.05, 3.63) is 29.8 Å². The summed E-state index contributed by atoms with van der Waals surface area (Å²) in [6.45, 7) is 1.40. The summed E-state index contributed by atoms with van der Waals surface area (Å²) in [6.07, 6.45) is 0.389. The average molecular weight is 233 g/mol. The number of rotatable bonds is 6. The lowest BCUT2D eigenvalue weighted by atomic mass is 10.2. The van der Waals surface area contributed by atoms with Gasteiger partial charge >= 0.3 is 0 Å². The average Bonchev–Trinajstić information content (AvgIpc) is 2.36. The van der Waals surface area contributed by atoms with E-state index in [0.717, 1.165) is 18.7 Å². The second-order valence-electron chi connectivity index (χ2n) is 4.09. The number of aliphatic hydroxyl groups is 1. The number of nitriles is 1. The molecule has 0 amide bonds. The van der Waals surface area contributed by atoms with E-state index < -0.39 is 0 Å². The van der Waals surface area contributed by atoms with Gasteiger partial charge in [-0.1, -0.05) is 0 Å². The van der Waals surface area contributed by atoms with Crippen molar-refractivity contribution >= 4 is 5.69 Å². The second-order valence-corrected chi connectivity index (χ2v) is 4.09. The van der Waals surface area contributed by atoms with Crippen LogP contribution in [0.1, 0.15) is 12.0 Å². The number of anilines is 1. The molecule has 0 radical (unpaired) electrons. The maximum atomic E-state index is 9.78. The summed E-state index contributed by atoms with van der Waals surface area (Å²) in [5.74, 6) is 0. The highest BCUT2D eigenvalue weighted by atomic mass is 16.3. The summed E-state index contributed by atoms with van der Waals surface area (Å²) >= 11 is 0. The summed E-state index contributed by atoms with van der Waals surface area (Å²) in [6, 6.07) is 9.44. The van der Waals surface area contributed by atoms with Gasteiger partial charge in [-0.25, -0.2) is 0 Å². The summed E-state index contributed by atoms with van der Waals surface area (Å²) in [4.78, 5) is 1.99. The van der Waals surface area contributed by atoms with Gasteiger partial charge in [-0.15, -0.1) is 0 Å². The number of nitrogens with one attached hydrogen (secondary N) is 1. The van der Waals surface area contributed by atoms with Crippen molar-refractivity contribution in [3.8, 4) is 6.07 Å². The van der Waals surface area contributed by atoms with Crippen LogP contribution in [0.3, 0.4) is 0 Å². The molecule has 4 nitrogen and oxygen atoms in total. The lowest BCUT2D eigenvalue weighted by Gasteiger charge is -2.22. The lowest BCUT2D eigenvalue weighted by molar-refractivity contribution is 0.171. The summed E-state index contributed by atoms with van der Waals surface area (Å²) in [5, 5.41) is 21.5. The van der Waals surface area contributed by atoms with Gasteiger partial charge in [0.2, 0.25) is 0 Å². The van der Waals surface area contributed by atoms with E-state index in [1.54, 1.807) is 12.1 Å². The number of likely N-dealkylation sites (N-methyl/N-ethyl adjacent to an activating group) is 1. The van der Waals surface area contributed by atoms with Crippen LogP contribution in [-0.2, 0) is 0 Å². The number of benzene rings is 1. The van der Waals surface area contributed by atoms with Crippen LogP contribution in [0.5, 0.6) is 0 Å². The van der Waals surface area contributed by atoms with Crippen LogP contribution in [0.2, 0.25) is 0 Å². The van der Waals surface area contributed by atoms with Crippen molar-refractivity contribution < 1.29 is 5.11 Å². The van der Waals surface area contributed by atoms with Crippen LogP contribution in [-0.4, -0.2) is 38.4 Å². The normalized spacial score (nSPS) is 11.9. The molecular weight excluding hydrogens is 214 g/mol. The fraction of sp³-hybridized carbons (Fsp3) is 0.462. The van der Waals surface area contributed by atoms with Crippen LogP contribution in [0.4, 0.5) is 5.69 Å². The summed E-state index contributed by atoms with van der Waals surface area (Å²) in [5.41, 5.74) is 1.66. The van der Waals surface area contributed by atoms with E-state index >= 15 is 0 Å². The van der Waals surface area contributed by atoms with Crippen molar-refractivity contribution in [2.24, 2.45) is 0 Å². The van der Waals surface area contributed by atoms with E-state index in [2.05, 4.69) is 11.4 Å². The quantitative estimate of drug-likeness (QED) is 0.768. The van der Waals surface area contributed by atoms with Gasteiger partial charge in [0.1, 0.15) is 0 Å². The topological polar surface area (TPSA) is 59.3 Å². The molecule has 0 aliphatic heterocycles. The van der Waals surface area contributed by atoms with Crippen LogP contribution in [0.25, 0.3) is 0 Å². The minimum absolute atomic E-state index is 0.344. The molecule has 0 fully saturated rings. The Morgan fingerprint density at radius 3 is 2.59 bits per heavy atom. The summed E-state index contributed by atoms with van der Waals surface area (Å²) in [7, 11) is 3.81. The molecule has 0 aromatic heterocycles. The van der Waals surface area contributed by atoms with Crippen LogP contribution < -0.4 is 10.2 Å². The molecule has 17 heavy (non-hydrogen) atoms. The van der Waals surface area contributed by atoms with Crippen molar-refractivity contribution in [2.75, 3.05) is 32.1 Å². The highest BCUT2D eigenvalue weighted by molar-refractivity contribution is 5.49. The van der Waals surface area contributed by atoms with Crippen molar-refractivity contribution in [2.45, 2.75) is 12.5 Å². The molecular formula is C13H19N3O. The van der Waals surface area contributed by atoms with Gasteiger partial charge in [0.05, 0.1) is 17.7 Å². The smallest absolute Gasteiger partial charge is 0.0991 e. The van der Waals surface area contributed by atoms with E-state index in [1.165, 1.54) is 0 Å². The highest BCUT2D eigenvalue weighted by Crippen LogP contribution is 2.14. The Balaban J connectivity index is 2.51. The zero-order chi connectivity index (χ0) is 12.7. The van der Waals surface area contributed by atoms with Gasteiger partial charge in [0.15, 0.2) is 0 Å². The molecule has 0 aliphatic carbocycles. The molecule has 0 saturated carbocycles. The molecule has 92 valence electrons. The van der Waals surface area contributed by atoms with Gasteiger partial charge in [0.25, 0.3) is 0 Å². The van der Waals surface area contributed by atoms with Gasteiger partial charge in [-0.05, 0) is 44.3 Å². The first-order chi connectivity index (χ1) is 8.17. The maximum Gasteiger partial charge on any atom is 0.0991 e. The molecule has 1 unspecified atom stereocenters. The zero-order valence-corrected chi connectivity index (χ0v) is 10.3. The van der Waals surface area contributed by atoms with Gasteiger partial charge in [-0.2, -0.15) is 5.26 Å². The third kappa shape index (κ3) is 4.43. The van der Waals surface area contributed by atoms with Crippen molar-refractivity contribution in [3.63, 3.8) is 0 Å². The first-order valence-electron chi connectivity index (χ1n) is 5.71. The Labute approximate surface area is 102 Å². The standard InChI is InChI=1S/C13H19N3O/c1-15-8-7-13(17)10-16(2)12-5-3-11(9-14)4-6-12/h3-6,13,15,17H,7-8,10H2,1-2H3. The monoisotopic (exact) mass is 233 g/mol. The minimum Gasteiger partial charge on any atom is -0.391 e. The number of nitrogens with zero attached hydrogens (tertiary/aromatic N) is 2. The van der Waals surface area contributed by atoms with E-state index in [-0.39, 0.29) is 6.10 Å². The predicted octanol–water partition coefficient (Wildman–Crippen LogP) is 0.965. The van der Waals surface area contributed by atoms with Crippen LogP contribution >= 0.6 is 0 Å². The van der Waals surface area contributed by atoms with Gasteiger partial charge in [0, 0.05) is 19.3 Å². The molecule has 1 aromatic carbocycles. The van der Waals surface area contributed by atoms with E-state index in [4.69, 9.17) is 5.26 Å². The maximum absolute atomic E-state index is 9.78. The second kappa shape index (κ2) is 6.89. The molecule has 1 rings (SSSR count). The van der Waals surface area contributed by atoms with E-state index in [1.807, 2.05) is 31.1 Å². The molecule has 0 spiro atoms.